The van der Waals surface area contributed by atoms with E-state index < -0.39 is 16.2 Å². The molecule has 0 aliphatic rings. The first-order valence-corrected chi connectivity index (χ1v) is 10.1. The zero-order chi connectivity index (χ0) is 22.4. The summed E-state index contributed by atoms with van der Waals surface area (Å²) in [5.41, 5.74) is 1.49. The van der Waals surface area contributed by atoms with Gasteiger partial charge in [-0.3, -0.25) is 13.9 Å². The molecule has 3 aromatic heterocycles. The molecule has 0 radical (unpaired) electrons. The lowest BCUT2D eigenvalue weighted by atomic mass is 10.1. The van der Waals surface area contributed by atoms with E-state index in [1.807, 2.05) is 31.2 Å². The fraction of sp³-hybridized carbons (Fsp3) is 0.263. The van der Waals surface area contributed by atoms with Gasteiger partial charge in [-0.25, -0.2) is 9.78 Å². The van der Waals surface area contributed by atoms with E-state index in [0.717, 1.165) is 27.5 Å². The Labute approximate surface area is 179 Å². The van der Waals surface area contributed by atoms with Crippen LogP contribution in [0.3, 0.4) is 0 Å². The minimum absolute atomic E-state index is 0.215. The molecule has 0 aliphatic carbocycles. The summed E-state index contributed by atoms with van der Waals surface area (Å²) in [5.74, 6) is -0.303. The van der Waals surface area contributed by atoms with Crippen LogP contribution >= 0.6 is 11.8 Å². The Morgan fingerprint density at radius 3 is 2.42 bits per heavy atom. The fourth-order valence-electron chi connectivity index (χ4n) is 3.26. The van der Waals surface area contributed by atoms with Gasteiger partial charge in [0.2, 0.25) is 6.33 Å². The average molecular weight is 441 g/mol. The first-order chi connectivity index (χ1) is 14.7. The van der Waals surface area contributed by atoms with E-state index in [4.69, 9.17) is 0 Å². The standard InChI is InChI=1S/C19H19N7O4S/c1-11-5-7-12(8-6-11)9-25-13-14(23(3)19(28)24(4)16(13)27)21-18(25)31-17-15(26(29)30)20-10-22(17)2/h5-8,10H,9H2,1-4H3. The summed E-state index contributed by atoms with van der Waals surface area (Å²) in [7, 11) is 4.59. The third kappa shape index (κ3) is 3.44. The van der Waals surface area contributed by atoms with E-state index in [-0.39, 0.29) is 22.0 Å². The summed E-state index contributed by atoms with van der Waals surface area (Å²) in [5, 5.41) is 12.0. The second kappa shape index (κ2) is 7.54. The van der Waals surface area contributed by atoms with Gasteiger partial charge in [0.1, 0.15) is 0 Å². The summed E-state index contributed by atoms with van der Waals surface area (Å²) in [6.07, 6.45) is 1.35. The van der Waals surface area contributed by atoms with E-state index in [9.17, 15) is 19.7 Å². The van der Waals surface area contributed by atoms with Crippen molar-refractivity contribution in [3.8, 4) is 0 Å². The molecule has 0 atom stereocenters. The van der Waals surface area contributed by atoms with Crippen molar-refractivity contribution in [3.05, 3.63) is 72.7 Å². The van der Waals surface area contributed by atoms with Gasteiger partial charge in [0, 0.05) is 21.1 Å². The number of nitro groups is 1. The maximum absolute atomic E-state index is 13.0. The van der Waals surface area contributed by atoms with Crippen LogP contribution in [0.25, 0.3) is 11.2 Å². The predicted molar refractivity (Wildman–Crippen MR) is 114 cm³/mol. The molecule has 0 spiro atoms. The normalized spacial score (nSPS) is 11.4. The molecule has 0 bridgehead atoms. The van der Waals surface area contributed by atoms with Crippen molar-refractivity contribution in [3.63, 3.8) is 0 Å². The molecule has 0 N–H and O–H groups in total. The second-order valence-corrected chi connectivity index (χ2v) is 8.14. The SMILES string of the molecule is Cc1ccc(Cn2c(Sc3c([N+](=O)[O-])ncn3C)nc3c2c(=O)n(C)c(=O)n3C)cc1. The second-order valence-electron chi connectivity index (χ2n) is 7.19. The van der Waals surface area contributed by atoms with E-state index in [1.165, 1.54) is 29.6 Å². The quantitative estimate of drug-likeness (QED) is 0.340. The number of fused-ring (bicyclic) bond motifs is 1. The van der Waals surface area contributed by atoms with Crippen LogP contribution in [-0.4, -0.2) is 33.2 Å². The maximum atomic E-state index is 13.0. The summed E-state index contributed by atoms with van der Waals surface area (Å²) in [6.45, 7) is 2.28. The van der Waals surface area contributed by atoms with Crippen LogP contribution in [0.2, 0.25) is 0 Å². The Kier molecular flexibility index (Phi) is 5.01. The van der Waals surface area contributed by atoms with Gasteiger partial charge in [-0.15, -0.1) is 0 Å². The van der Waals surface area contributed by atoms with Crippen LogP contribution in [0.1, 0.15) is 11.1 Å². The van der Waals surface area contributed by atoms with E-state index >= 15 is 0 Å². The van der Waals surface area contributed by atoms with Crippen LogP contribution in [0, 0.1) is 17.0 Å². The number of benzene rings is 1. The molecular weight excluding hydrogens is 422 g/mol. The molecule has 0 saturated heterocycles. The molecule has 1 aromatic carbocycles. The molecule has 0 amide bonds. The molecule has 31 heavy (non-hydrogen) atoms. The van der Waals surface area contributed by atoms with E-state index in [1.54, 1.807) is 11.6 Å². The van der Waals surface area contributed by atoms with Crippen LogP contribution in [0.15, 0.2) is 50.4 Å². The highest BCUT2D eigenvalue weighted by molar-refractivity contribution is 7.99. The maximum Gasteiger partial charge on any atom is 0.396 e. The van der Waals surface area contributed by atoms with Gasteiger partial charge in [-0.1, -0.05) is 29.8 Å². The molecule has 12 heteroatoms. The molecule has 4 aromatic rings. The smallest absolute Gasteiger partial charge is 0.358 e. The Morgan fingerprint density at radius 1 is 1.10 bits per heavy atom. The molecule has 3 heterocycles. The van der Waals surface area contributed by atoms with Crippen molar-refractivity contribution in [2.45, 2.75) is 23.7 Å². The Hall–Kier alpha value is -3.67. The summed E-state index contributed by atoms with van der Waals surface area (Å²) in [4.78, 5) is 44.6. The summed E-state index contributed by atoms with van der Waals surface area (Å²) >= 11 is 1.03. The number of rotatable bonds is 5. The van der Waals surface area contributed by atoms with Gasteiger partial charge in [0.25, 0.3) is 5.56 Å². The van der Waals surface area contributed by atoms with Crippen molar-refractivity contribution >= 4 is 28.7 Å². The number of imidazole rings is 2. The van der Waals surface area contributed by atoms with Crippen molar-refractivity contribution in [2.75, 3.05) is 0 Å². The van der Waals surface area contributed by atoms with Crippen LogP contribution in [0.5, 0.6) is 0 Å². The monoisotopic (exact) mass is 441 g/mol. The number of nitrogens with zero attached hydrogens (tertiary/aromatic N) is 7. The summed E-state index contributed by atoms with van der Waals surface area (Å²) < 4.78 is 5.53. The molecule has 0 unspecified atom stereocenters. The molecular formula is C19H19N7O4S. The highest BCUT2D eigenvalue weighted by atomic mass is 32.2. The largest absolute Gasteiger partial charge is 0.396 e. The van der Waals surface area contributed by atoms with E-state index in [2.05, 4.69) is 9.97 Å². The minimum atomic E-state index is -0.565. The zero-order valence-electron chi connectivity index (χ0n) is 17.3. The molecule has 11 nitrogen and oxygen atoms in total. The van der Waals surface area contributed by atoms with Crippen LogP contribution in [0.4, 0.5) is 5.82 Å². The molecule has 0 aliphatic heterocycles. The Morgan fingerprint density at radius 2 is 1.77 bits per heavy atom. The van der Waals surface area contributed by atoms with Gasteiger partial charge in [-0.2, -0.15) is 0 Å². The van der Waals surface area contributed by atoms with E-state index in [0.29, 0.717) is 11.7 Å². The van der Waals surface area contributed by atoms with Crippen molar-refractivity contribution in [1.82, 2.24) is 28.2 Å². The molecule has 0 fully saturated rings. The van der Waals surface area contributed by atoms with Gasteiger partial charge in [0.05, 0.1) is 6.54 Å². The van der Waals surface area contributed by atoms with Crippen molar-refractivity contribution in [1.29, 1.82) is 0 Å². The van der Waals surface area contributed by atoms with Gasteiger partial charge >= 0.3 is 11.5 Å². The third-order valence-corrected chi connectivity index (χ3v) is 6.16. The van der Waals surface area contributed by atoms with Crippen molar-refractivity contribution < 1.29 is 4.92 Å². The Bertz CT molecular complexity index is 1440. The fourth-order valence-corrected chi connectivity index (χ4v) is 4.24. The predicted octanol–water partition coefficient (Wildman–Crippen LogP) is 1.58. The Balaban J connectivity index is 1.97. The van der Waals surface area contributed by atoms with Gasteiger partial charge < -0.3 is 19.2 Å². The first kappa shape index (κ1) is 20.6. The summed E-state index contributed by atoms with van der Waals surface area (Å²) in [6, 6.07) is 7.80. The molecule has 160 valence electrons. The third-order valence-electron chi connectivity index (χ3n) is 5.00. The first-order valence-electron chi connectivity index (χ1n) is 9.24. The molecule has 4 rings (SSSR count). The molecule has 0 saturated carbocycles. The number of hydrogen-bond acceptors (Lipinski definition) is 7. The number of aryl methyl sites for hydroxylation is 3. The number of hydrogen-bond donors (Lipinski definition) is 0. The average Bonchev–Trinajstić information content (AvgIpc) is 3.28. The lowest BCUT2D eigenvalue weighted by Gasteiger charge is -2.10. The lowest BCUT2D eigenvalue weighted by molar-refractivity contribution is -0.392. The topological polar surface area (TPSA) is 123 Å². The zero-order valence-corrected chi connectivity index (χ0v) is 18.1. The highest BCUT2D eigenvalue weighted by Gasteiger charge is 2.26. The highest BCUT2D eigenvalue weighted by Crippen LogP contribution is 2.34. The minimum Gasteiger partial charge on any atom is -0.358 e. The van der Waals surface area contributed by atoms with Gasteiger partial charge in [0.15, 0.2) is 21.3 Å². The van der Waals surface area contributed by atoms with Crippen LogP contribution in [-0.2, 0) is 27.7 Å². The van der Waals surface area contributed by atoms with Gasteiger partial charge in [-0.05, 0) is 34.2 Å². The number of aromatic nitrogens is 6. The van der Waals surface area contributed by atoms with Crippen molar-refractivity contribution in [2.24, 2.45) is 21.1 Å². The lowest BCUT2D eigenvalue weighted by Crippen LogP contribution is -2.37. The van der Waals surface area contributed by atoms with Crippen LogP contribution < -0.4 is 11.2 Å².